The Hall–Kier alpha value is -1.41. The zero-order valence-electron chi connectivity index (χ0n) is 12.1. The Kier molecular flexibility index (Phi) is 4.91. The predicted octanol–water partition coefficient (Wildman–Crippen LogP) is 3.30. The molecule has 1 saturated carbocycles. The number of benzene rings is 1. The van der Waals surface area contributed by atoms with Crippen LogP contribution in [-0.2, 0) is 0 Å². The van der Waals surface area contributed by atoms with Gasteiger partial charge in [-0.3, -0.25) is 9.52 Å². The van der Waals surface area contributed by atoms with Gasteiger partial charge in [0.1, 0.15) is 0 Å². The maximum atomic E-state index is 12.2. The van der Waals surface area contributed by atoms with E-state index in [2.05, 4.69) is 17.0 Å². The minimum absolute atomic E-state index is 0.126. The molecule has 0 aliphatic heterocycles. The van der Waals surface area contributed by atoms with Crippen LogP contribution in [0.3, 0.4) is 0 Å². The maximum absolute atomic E-state index is 12.2. The second-order valence-electron chi connectivity index (χ2n) is 5.63. The van der Waals surface area contributed by atoms with Crippen molar-refractivity contribution in [2.45, 2.75) is 42.8 Å². The molecule has 2 rings (SSSR count). The Labute approximate surface area is 131 Å². The lowest BCUT2D eigenvalue weighted by molar-refractivity contribution is -0.131. The number of alkyl halides is 3. The lowest BCUT2D eigenvalue weighted by atomic mass is 10.1. The third kappa shape index (κ3) is 5.10. The van der Waals surface area contributed by atoms with Crippen molar-refractivity contribution in [3.63, 3.8) is 0 Å². The van der Waals surface area contributed by atoms with Crippen LogP contribution in [0.2, 0.25) is 0 Å². The van der Waals surface area contributed by atoms with Gasteiger partial charge in [0.25, 0.3) is 5.91 Å². The molecule has 4 N–H and O–H groups in total. The van der Waals surface area contributed by atoms with Crippen LogP contribution in [0.25, 0.3) is 0 Å². The number of nitrogens with two attached hydrogens (primary N) is 1. The summed E-state index contributed by atoms with van der Waals surface area (Å²) in [5.41, 5.74) is 5.94. The first-order valence-corrected chi connectivity index (χ1v) is 7.69. The fraction of sp³-hybridized carbons (Fsp3) is 0.500. The van der Waals surface area contributed by atoms with Gasteiger partial charge in [-0.05, 0) is 49.9 Å². The molecule has 4 nitrogen and oxygen atoms in total. The average molecular weight is 333 g/mol. The van der Waals surface area contributed by atoms with Crippen LogP contribution in [0.4, 0.5) is 18.9 Å². The molecular formula is C14H18F3N3OS. The van der Waals surface area contributed by atoms with Crippen molar-refractivity contribution in [1.82, 2.24) is 4.72 Å². The number of amides is 1. The zero-order valence-corrected chi connectivity index (χ0v) is 12.9. The summed E-state index contributed by atoms with van der Waals surface area (Å²) in [4.78, 5) is 12.3. The van der Waals surface area contributed by atoms with Crippen LogP contribution < -0.4 is 15.8 Å². The van der Waals surface area contributed by atoms with Gasteiger partial charge >= 0.3 is 6.18 Å². The van der Waals surface area contributed by atoms with Crippen LogP contribution in [-0.4, -0.2) is 24.2 Å². The molecule has 0 atom stereocenters. The van der Waals surface area contributed by atoms with Crippen molar-refractivity contribution in [3.05, 3.63) is 23.8 Å². The summed E-state index contributed by atoms with van der Waals surface area (Å²) in [6.45, 7) is 1.80. The smallest absolute Gasteiger partial charge is 0.384 e. The first-order chi connectivity index (χ1) is 10.2. The van der Waals surface area contributed by atoms with E-state index >= 15 is 0 Å². The lowest BCUT2D eigenvalue weighted by Crippen LogP contribution is -2.20. The number of anilines is 1. The van der Waals surface area contributed by atoms with Gasteiger partial charge in [-0.15, -0.1) is 0 Å². The molecule has 122 valence electrons. The highest BCUT2D eigenvalue weighted by molar-refractivity contribution is 7.97. The van der Waals surface area contributed by atoms with Gasteiger partial charge in [0, 0.05) is 22.7 Å². The van der Waals surface area contributed by atoms with Gasteiger partial charge in [-0.25, -0.2) is 0 Å². The second kappa shape index (κ2) is 6.37. The van der Waals surface area contributed by atoms with Gasteiger partial charge in [0.05, 0.1) is 12.0 Å². The summed E-state index contributed by atoms with van der Waals surface area (Å²) in [6.07, 6.45) is -3.01. The largest absolute Gasteiger partial charge is 0.390 e. The molecule has 8 heteroatoms. The number of halogens is 3. The molecule has 1 aromatic rings. The van der Waals surface area contributed by atoms with Gasteiger partial charge in [0.15, 0.2) is 0 Å². The first-order valence-electron chi connectivity index (χ1n) is 6.87. The third-order valence-corrected chi connectivity index (χ3v) is 4.48. The quantitative estimate of drug-likeness (QED) is 0.670. The van der Waals surface area contributed by atoms with E-state index < -0.39 is 18.5 Å². The Bertz CT molecular complexity index is 559. The van der Waals surface area contributed by atoms with Crippen molar-refractivity contribution in [2.75, 3.05) is 11.9 Å². The van der Waals surface area contributed by atoms with E-state index in [0.29, 0.717) is 5.69 Å². The molecule has 1 aromatic carbocycles. The molecule has 0 aromatic heterocycles. The highest BCUT2D eigenvalue weighted by atomic mass is 32.2. The molecule has 1 fully saturated rings. The molecule has 0 heterocycles. The topological polar surface area (TPSA) is 67.2 Å². The number of carbonyl (C=O) groups is 1. The van der Waals surface area contributed by atoms with E-state index in [1.165, 1.54) is 11.9 Å². The minimum Gasteiger partial charge on any atom is -0.384 e. The number of hydrogen-bond donors (Lipinski definition) is 3. The average Bonchev–Trinajstić information content (AvgIpc) is 3.14. The van der Waals surface area contributed by atoms with E-state index in [1.54, 1.807) is 18.2 Å². The molecule has 0 bridgehead atoms. The third-order valence-electron chi connectivity index (χ3n) is 3.40. The van der Waals surface area contributed by atoms with Gasteiger partial charge in [-0.2, -0.15) is 13.2 Å². The van der Waals surface area contributed by atoms with Gasteiger partial charge in [-0.1, -0.05) is 0 Å². The van der Waals surface area contributed by atoms with Crippen LogP contribution in [0.1, 0.15) is 36.5 Å². The van der Waals surface area contributed by atoms with Crippen LogP contribution >= 0.6 is 11.9 Å². The van der Waals surface area contributed by atoms with E-state index in [0.717, 1.165) is 17.7 Å². The highest BCUT2D eigenvalue weighted by Crippen LogP contribution is 2.37. The monoisotopic (exact) mass is 333 g/mol. The zero-order chi connectivity index (χ0) is 16.4. The fourth-order valence-electron chi connectivity index (χ4n) is 1.76. The Balaban J connectivity index is 2.01. The number of primary amides is 1. The van der Waals surface area contributed by atoms with Crippen LogP contribution in [0, 0.1) is 0 Å². The maximum Gasteiger partial charge on any atom is 0.390 e. The van der Waals surface area contributed by atoms with E-state index in [-0.39, 0.29) is 17.6 Å². The van der Waals surface area contributed by atoms with Crippen molar-refractivity contribution in [2.24, 2.45) is 5.73 Å². The van der Waals surface area contributed by atoms with Crippen molar-refractivity contribution in [1.29, 1.82) is 0 Å². The van der Waals surface area contributed by atoms with E-state index in [1.807, 2.05) is 0 Å². The number of hydrogen-bond acceptors (Lipinski definition) is 4. The summed E-state index contributed by atoms with van der Waals surface area (Å²) in [5, 5.41) is 2.61. The fourth-order valence-corrected chi connectivity index (χ4v) is 2.64. The van der Waals surface area contributed by atoms with Gasteiger partial charge in [0.2, 0.25) is 0 Å². The molecule has 0 radical (unpaired) electrons. The second-order valence-corrected chi connectivity index (χ2v) is 6.51. The summed E-state index contributed by atoms with van der Waals surface area (Å²) in [7, 11) is 0. The number of nitrogens with one attached hydrogen (secondary N) is 2. The predicted molar refractivity (Wildman–Crippen MR) is 80.8 cm³/mol. The first kappa shape index (κ1) is 17.0. The summed E-state index contributed by atoms with van der Waals surface area (Å²) < 4.78 is 39.8. The van der Waals surface area contributed by atoms with Crippen LogP contribution in [0.15, 0.2) is 23.1 Å². The Morgan fingerprint density at radius 3 is 2.64 bits per heavy atom. The standard InChI is InChI=1S/C14H18F3N3OS/c1-13(4-5-13)20-22-9-2-3-11(10(8-9)12(18)21)19-7-6-14(15,16)17/h2-3,8,19-20H,4-7H2,1H3,(H2,18,21). The highest BCUT2D eigenvalue weighted by Gasteiger charge is 2.37. The minimum atomic E-state index is -4.24. The van der Waals surface area contributed by atoms with Crippen molar-refractivity contribution < 1.29 is 18.0 Å². The molecule has 0 saturated heterocycles. The van der Waals surface area contributed by atoms with Crippen molar-refractivity contribution >= 4 is 23.5 Å². The molecular weight excluding hydrogens is 315 g/mol. The molecule has 1 amide bonds. The Morgan fingerprint density at radius 1 is 1.41 bits per heavy atom. The molecule has 0 unspecified atom stereocenters. The van der Waals surface area contributed by atoms with E-state index in [9.17, 15) is 18.0 Å². The Morgan fingerprint density at radius 2 is 2.09 bits per heavy atom. The molecule has 22 heavy (non-hydrogen) atoms. The van der Waals surface area contributed by atoms with Gasteiger partial charge < -0.3 is 11.1 Å². The lowest BCUT2D eigenvalue weighted by Gasteiger charge is -2.14. The number of carbonyl (C=O) groups excluding carboxylic acids is 1. The SMILES string of the molecule is CC1(NSc2ccc(NCCC(F)(F)F)c(C(N)=O)c2)CC1. The normalized spacial score (nSPS) is 16.4. The molecule has 1 aliphatic rings. The van der Waals surface area contributed by atoms with E-state index in [4.69, 9.17) is 5.73 Å². The molecule has 0 spiro atoms. The van der Waals surface area contributed by atoms with Crippen LogP contribution in [0.5, 0.6) is 0 Å². The number of rotatable bonds is 7. The summed E-state index contributed by atoms with van der Waals surface area (Å²) in [6, 6.07) is 4.91. The summed E-state index contributed by atoms with van der Waals surface area (Å²) in [5.74, 6) is -0.672. The van der Waals surface area contributed by atoms with Crippen molar-refractivity contribution in [3.8, 4) is 0 Å². The summed E-state index contributed by atoms with van der Waals surface area (Å²) >= 11 is 1.39. The molecule has 1 aliphatic carbocycles.